The van der Waals surface area contributed by atoms with Crippen molar-refractivity contribution in [3.05, 3.63) is 51.9 Å². The summed E-state index contributed by atoms with van der Waals surface area (Å²) >= 11 is 11.3. The monoisotopic (exact) mass is 267 g/mol. The summed E-state index contributed by atoms with van der Waals surface area (Å²) in [6.45, 7) is 0. The van der Waals surface area contributed by atoms with Crippen LogP contribution in [-0.2, 0) is 0 Å². The molecule has 1 aromatic heterocycles. The average molecular weight is 268 g/mol. The summed E-state index contributed by atoms with van der Waals surface area (Å²) in [5.74, 6) is -0.373. The molecule has 6 heteroatoms. The molecule has 0 saturated carbocycles. The van der Waals surface area contributed by atoms with Crippen molar-refractivity contribution in [3.8, 4) is 0 Å². The predicted molar refractivity (Wildman–Crippen MR) is 66.3 cm³/mol. The van der Waals surface area contributed by atoms with Gasteiger partial charge in [0.15, 0.2) is 21.8 Å². The fourth-order valence-corrected chi connectivity index (χ4v) is 1.56. The first-order valence-electron chi connectivity index (χ1n) is 4.68. The van der Waals surface area contributed by atoms with Crippen LogP contribution in [-0.4, -0.2) is 15.8 Å². The van der Waals surface area contributed by atoms with Gasteiger partial charge in [-0.1, -0.05) is 53.5 Å². The summed E-state index contributed by atoms with van der Waals surface area (Å²) in [6, 6.07) is 8.61. The van der Waals surface area contributed by atoms with E-state index in [0.717, 1.165) is 0 Å². The van der Waals surface area contributed by atoms with E-state index in [-0.39, 0.29) is 27.6 Å². The maximum Gasteiger partial charge on any atom is 0.215 e. The lowest BCUT2D eigenvalue weighted by atomic mass is 10.1. The van der Waals surface area contributed by atoms with E-state index in [1.807, 2.05) is 0 Å². The van der Waals surface area contributed by atoms with Gasteiger partial charge >= 0.3 is 0 Å². The molecule has 0 unspecified atom stereocenters. The van der Waals surface area contributed by atoms with Crippen LogP contribution in [0.2, 0.25) is 10.3 Å². The Morgan fingerprint density at radius 2 is 1.65 bits per heavy atom. The minimum Gasteiger partial charge on any atom is -0.382 e. The lowest BCUT2D eigenvalue weighted by Crippen LogP contribution is -2.10. The molecule has 86 valence electrons. The number of nitrogens with zero attached hydrogens (tertiary/aromatic N) is 2. The largest absolute Gasteiger partial charge is 0.382 e. The highest BCUT2D eigenvalue weighted by molar-refractivity contribution is 6.40. The van der Waals surface area contributed by atoms with Crippen LogP contribution >= 0.6 is 23.2 Å². The average Bonchev–Trinajstić information content (AvgIpc) is 2.34. The zero-order valence-corrected chi connectivity index (χ0v) is 10.0. The minimum absolute atomic E-state index is 0.00519. The van der Waals surface area contributed by atoms with Crippen molar-refractivity contribution in [1.29, 1.82) is 0 Å². The van der Waals surface area contributed by atoms with Gasteiger partial charge in [0.2, 0.25) is 5.78 Å². The Labute approximate surface area is 107 Å². The minimum atomic E-state index is -0.339. The Bertz CT molecular complexity index is 572. The van der Waals surface area contributed by atoms with Crippen LogP contribution in [0.5, 0.6) is 0 Å². The molecule has 0 amide bonds. The molecule has 0 atom stereocenters. The summed E-state index contributed by atoms with van der Waals surface area (Å²) in [7, 11) is 0. The van der Waals surface area contributed by atoms with Crippen molar-refractivity contribution >= 4 is 34.8 Å². The molecule has 0 fully saturated rings. The molecule has 0 radical (unpaired) electrons. The molecule has 0 aliphatic heterocycles. The smallest absolute Gasteiger partial charge is 0.215 e. The molecule has 4 nitrogen and oxygen atoms in total. The van der Waals surface area contributed by atoms with Crippen molar-refractivity contribution in [2.24, 2.45) is 0 Å². The highest BCUT2D eigenvalue weighted by Gasteiger charge is 2.17. The molecule has 0 aliphatic rings. The van der Waals surface area contributed by atoms with Crippen LogP contribution in [0.3, 0.4) is 0 Å². The zero-order valence-electron chi connectivity index (χ0n) is 8.52. The number of halogens is 2. The van der Waals surface area contributed by atoms with E-state index in [2.05, 4.69) is 9.97 Å². The van der Waals surface area contributed by atoms with E-state index >= 15 is 0 Å². The first-order chi connectivity index (χ1) is 8.09. The molecule has 0 aliphatic carbocycles. The number of aromatic nitrogens is 2. The molecule has 17 heavy (non-hydrogen) atoms. The molecule has 2 aromatic rings. The van der Waals surface area contributed by atoms with E-state index < -0.39 is 0 Å². The number of benzene rings is 1. The third-order valence-electron chi connectivity index (χ3n) is 2.09. The molecule has 1 heterocycles. The van der Waals surface area contributed by atoms with Gasteiger partial charge in [-0.3, -0.25) is 4.79 Å². The maximum atomic E-state index is 12.0. The highest BCUT2D eigenvalue weighted by atomic mass is 35.5. The van der Waals surface area contributed by atoms with Crippen LogP contribution in [0.4, 0.5) is 5.82 Å². The van der Waals surface area contributed by atoms with Crippen LogP contribution in [0, 0.1) is 0 Å². The van der Waals surface area contributed by atoms with Gasteiger partial charge in [-0.2, -0.15) is 0 Å². The fourth-order valence-electron chi connectivity index (χ4n) is 1.30. The van der Waals surface area contributed by atoms with Gasteiger partial charge in [-0.25, -0.2) is 9.97 Å². The first-order valence-corrected chi connectivity index (χ1v) is 5.43. The van der Waals surface area contributed by atoms with E-state index in [0.29, 0.717) is 5.56 Å². The lowest BCUT2D eigenvalue weighted by Gasteiger charge is -2.04. The fraction of sp³-hybridized carbons (Fsp3) is 0. The second-order valence-corrected chi connectivity index (χ2v) is 3.95. The first kappa shape index (κ1) is 11.8. The van der Waals surface area contributed by atoms with E-state index in [9.17, 15) is 4.79 Å². The summed E-state index contributed by atoms with van der Waals surface area (Å²) in [5.41, 5.74) is 6.06. The third-order valence-corrected chi connectivity index (χ3v) is 2.72. The van der Waals surface area contributed by atoms with Crippen molar-refractivity contribution in [3.63, 3.8) is 0 Å². The Morgan fingerprint density at radius 1 is 1.06 bits per heavy atom. The number of nitrogens with two attached hydrogens (primary N) is 1. The maximum absolute atomic E-state index is 12.0. The number of hydrogen-bond acceptors (Lipinski definition) is 4. The normalized spacial score (nSPS) is 10.2. The Hall–Kier alpha value is -1.65. The van der Waals surface area contributed by atoms with E-state index in [1.54, 1.807) is 30.3 Å². The molecule has 0 bridgehead atoms. The van der Waals surface area contributed by atoms with Gasteiger partial charge in [0.05, 0.1) is 0 Å². The number of nitrogen functional groups attached to an aromatic ring is 1. The summed E-state index contributed by atoms with van der Waals surface area (Å²) in [6.07, 6.45) is 0. The summed E-state index contributed by atoms with van der Waals surface area (Å²) < 4.78 is 0. The van der Waals surface area contributed by atoms with Gasteiger partial charge < -0.3 is 5.73 Å². The molecule has 0 spiro atoms. The molecule has 2 rings (SSSR count). The Morgan fingerprint density at radius 3 is 2.29 bits per heavy atom. The quantitative estimate of drug-likeness (QED) is 0.850. The topological polar surface area (TPSA) is 68.9 Å². The number of hydrogen-bond donors (Lipinski definition) is 1. The Balaban J connectivity index is 2.48. The van der Waals surface area contributed by atoms with Crippen molar-refractivity contribution in [2.75, 3.05) is 5.73 Å². The van der Waals surface area contributed by atoms with Gasteiger partial charge in [0.25, 0.3) is 0 Å². The number of carbonyl (C=O) groups is 1. The zero-order chi connectivity index (χ0) is 12.4. The molecule has 0 saturated heterocycles. The number of carbonyl (C=O) groups excluding carboxylic acids is 1. The van der Waals surface area contributed by atoms with Crippen LogP contribution in [0.15, 0.2) is 30.3 Å². The second kappa shape index (κ2) is 4.69. The number of anilines is 1. The Kier molecular flexibility index (Phi) is 3.26. The molecule has 1 aromatic carbocycles. The van der Waals surface area contributed by atoms with Crippen molar-refractivity contribution in [1.82, 2.24) is 9.97 Å². The number of rotatable bonds is 2. The SMILES string of the molecule is Nc1nc(Cl)c(Cl)nc1C(=O)c1ccccc1. The second-order valence-electron chi connectivity index (χ2n) is 3.23. The summed E-state index contributed by atoms with van der Waals surface area (Å²) in [4.78, 5) is 19.6. The molecular formula is C11H7Cl2N3O. The van der Waals surface area contributed by atoms with Crippen LogP contribution in [0.1, 0.15) is 16.1 Å². The van der Waals surface area contributed by atoms with E-state index in [1.165, 1.54) is 0 Å². The van der Waals surface area contributed by atoms with Gasteiger partial charge in [-0.05, 0) is 0 Å². The molecular weight excluding hydrogens is 261 g/mol. The van der Waals surface area contributed by atoms with Crippen LogP contribution < -0.4 is 5.73 Å². The van der Waals surface area contributed by atoms with Gasteiger partial charge in [0.1, 0.15) is 0 Å². The van der Waals surface area contributed by atoms with Gasteiger partial charge in [-0.15, -0.1) is 0 Å². The van der Waals surface area contributed by atoms with Crippen molar-refractivity contribution < 1.29 is 4.79 Å². The lowest BCUT2D eigenvalue weighted by molar-refractivity contribution is 0.103. The number of ketones is 1. The third kappa shape index (κ3) is 2.38. The highest BCUT2D eigenvalue weighted by Crippen LogP contribution is 2.21. The predicted octanol–water partition coefficient (Wildman–Crippen LogP) is 2.60. The molecule has 2 N–H and O–H groups in total. The summed E-state index contributed by atoms with van der Waals surface area (Å²) in [5, 5.41) is -0.0612. The standard InChI is InChI=1S/C11H7Cl2N3O/c12-9-10(13)16-11(14)7(15-9)8(17)6-4-2-1-3-5-6/h1-5H,(H2,14,16). The van der Waals surface area contributed by atoms with Crippen LogP contribution in [0.25, 0.3) is 0 Å². The van der Waals surface area contributed by atoms with E-state index in [4.69, 9.17) is 28.9 Å². The van der Waals surface area contributed by atoms with Gasteiger partial charge in [0, 0.05) is 5.56 Å². The van der Waals surface area contributed by atoms with Crippen molar-refractivity contribution in [2.45, 2.75) is 0 Å².